The van der Waals surface area contributed by atoms with Gasteiger partial charge in [0.1, 0.15) is 0 Å². The molecule has 0 unspecified atom stereocenters. The summed E-state index contributed by atoms with van der Waals surface area (Å²) in [4.78, 5) is 35.7. The van der Waals surface area contributed by atoms with Crippen LogP contribution in [0.25, 0.3) is 0 Å². The SMILES string of the molecule is CCCCC(=O)C1=C(C(=O)CCCC)C(=O)CC1. The van der Waals surface area contributed by atoms with Crippen molar-refractivity contribution in [3.8, 4) is 0 Å². The second kappa shape index (κ2) is 7.24. The number of rotatable bonds is 8. The summed E-state index contributed by atoms with van der Waals surface area (Å²) in [5.74, 6) is -0.252. The Balaban J connectivity index is 2.82. The van der Waals surface area contributed by atoms with Crippen molar-refractivity contribution in [1.82, 2.24) is 0 Å². The summed E-state index contributed by atoms with van der Waals surface area (Å²) in [5, 5.41) is 0. The molecule has 18 heavy (non-hydrogen) atoms. The summed E-state index contributed by atoms with van der Waals surface area (Å²) in [6.45, 7) is 4.03. The molecule has 0 fully saturated rings. The van der Waals surface area contributed by atoms with Crippen LogP contribution in [0.3, 0.4) is 0 Å². The number of allylic oxidation sites excluding steroid dienone is 2. The maximum atomic E-state index is 12.0. The van der Waals surface area contributed by atoms with Crippen LogP contribution in [0.5, 0.6) is 0 Å². The van der Waals surface area contributed by atoms with Gasteiger partial charge < -0.3 is 0 Å². The highest BCUT2D eigenvalue weighted by molar-refractivity contribution is 6.26. The molecule has 0 aliphatic heterocycles. The molecule has 0 N–H and O–H groups in total. The second-order valence-electron chi connectivity index (χ2n) is 4.83. The Bertz CT molecular complexity index is 377. The highest BCUT2D eigenvalue weighted by Crippen LogP contribution is 2.27. The highest BCUT2D eigenvalue weighted by Gasteiger charge is 2.30. The predicted molar refractivity (Wildman–Crippen MR) is 70.3 cm³/mol. The van der Waals surface area contributed by atoms with Crippen LogP contribution >= 0.6 is 0 Å². The molecule has 0 radical (unpaired) electrons. The number of Topliss-reactive ketones (excluding diaryl/α,β-unsaturated/α-hetero) is 3. The first-order chi connectivity index (χ1) is 8.61. The second-order valence-corrected chi connectivity index (χ2v) is 4.83. The van der Waals surface area contributed by atoms with E-state index in [1.165, 1.54) is 0 Å². The normalized spacial score (nSPS) is 15.3. The predicted octanol–water partition coefficient (Wildman–Crippen LogP) is 3.16. The third kappa shape index (κ3) is 3.62. The summed E-state index contributed by atoms with van der Waals surface area (Å²) >= 11 is 0. The van der Waals surface area contributed by atoms with Gasteiger partial charge in [0.2, 0.25) is 0 Å². The summed E-state index contributed by atoms with van der Waals surface area (Å²) in [6.07, 6.45) is 5.14. The molecule has 3 heteroatoms. The highest BCUT2D eigenvalue weighted by atomic mass is 16.2. The summed E-state index contributed by atoms with van der Waals surface area (Å²) in [7, 11) is 0. The lowest BCUT2D eigenvalue weighted by molar-refractivity contribution is -0.122. The molecule has 0 amide bonds. The summed E-state index contributed by atoms with van der Waals surface area (Å²) in [5.41, 5.74) is 0.735. The van der Waals surface area contributed by atoms with Gasteiger partial charge >= 0.3 is 0 Å². The van der Waals surface area contributed by atoms with Crippen LogP contribution in [0.4, 0.5) is 0 Å². The molecular formula is C15H22O3. The van der Waals surface area contributed by atoms with Gasteiger partial charge in [0.05, 0.1) is 5.57 Å². The minimum absolute atomic E-state index is 0.00236. The fourth-order valence-corrected chi connectivity index (χ4v) is 2.21. The van der Waals surface area contributed by atoms with Crippen molar-refractivity contribution in [2.75, 3.05) is 0 Å². The Morgan fingerprint density at radius 2 is 1.50 bits per heavy atom. The molecule has 0 bridgehead atoms. The standard InChI is InChI=1S/C15H22O3/c1-3-5-7-12(16)11-9-10-14(18)15(11)13(17)8-6-4-2/h3-10H2,1-2H3. The summed E-state index contributed by atoms with van der Waals surface area (Å²) in [6, 6.07) is 0. The lowest BCUT2D eigenvalue weighted by atomic mass is 9.97. The van der Waals surface area contributed by atoms with E-state index in [0.29, 0.717) is 31.3 Å². The van der Waals surface area contributed by atoms with Crippen LogP contribution in [0.2, 0.25) is 0 Å². The van der Waals surface area contributed by atoms with Crippen molar-refractivity contribution >= 4 is 17.3 Å². The zero-order valence-corrected chi connectivity index (χ0v) is 11.4. The molecule has 0 saturated carbocycles. The number of hydrogen-bond acceptors (Lipinski definition) is 3. The molecule has 0 aromatic rings. The fourth-order valence-electron chi connectivity index (χ4n) is 2.21. The Labute approximate surface area is 109 Å². The molecule has 0 saturated heterocycles. The first-order valence-corrected chi connectivity index (χ1v) is 6.94. The molecule has 1 aliphatic carbocycles. The van der Waals surface area contributed by atoms with Crippen LogP contribution in [0, 0.1) is 0 Å². The molecule has 100 valence electrons. The minimum atomic E-state index is -0.129. The van der Waals surface area contributed by atoms with Crippen LogP contribution in [0.1, 0.15) is 65.2 Å². The van der Waals surface area contributed by atoms with E-state index in [2.05, 4.69) is 0 Å². The first-order valence-electron chi connectivity index (χ1n) is 6.94. The van der Waals surface area contributed by atoms with Crippen molar-refractivity contribution in [2.45, 2.75) is 65.2 Å². The van der Waals surface area contributed by atoms with E-state index in [1.807, 2.05) is 13.8 Å². The molecular weight excluding hydrogens is 228 g/mol. The first kappa shape index (κ1) is 14.8. The average Bonchev–Trinajstić information content (AvgIpc) is 2.75. The van der Waals surface area contributed by atoms with E-state index in [0.717, 1.165) is 25.7 Å². The van der Waals surface area contributed by atoms with E-state index in [1.54, 1.807) is 0 Å². The third-order valence-corrected chi connectivity index (χ3v) is 3.31. The van der Waals surface area contributed by atoms with Gasteiger partial charge in [-0.25, -0.2) is 0 Å². The summed E-state index contributed by atoms with van der Waals surface area (Å²) < 4.78 is 0. The molecule has 1 rings (SSSR count). The van der Waals surface area contributed by atoms with E-state index in [9.17, 15) is 14.4 Å². The topological polar surface area (TPSA) is 51.2 Å². The van der Waals surface area contributed by atoms with Gasteiger partial charge in [-0.3, -0.25) is 14.4 Å². The molecule has 0 aromatic heterocycles. The van der Waals surface area contributed by atoms with E-state index < -0.39 is 0 Å². The molecule has 0 atom stereocenters. The Morgan fingerprint density at radius 1 is 0.944 bits per heavy atom. The molecule has 0 heterocycles. The van der Waals surface area contributed by atoms with Crippen LogP contribution in [0.15, 0.2) is 11.1 Å². The van der Waals surface area contributed by atoms with Gasteiger partial charge in [-0.05, 0) is 19.3 Å². The van der Waals surface area contributed by atoms with Crippen molar-refractivity contribution in [3.05, 3.63) is 11.1 Å². The molecule has 0 aromatic carbocycles. The average molecular weight is 250 g/mol. The smallest absolute Gasteiger partial charge is 0.167 e. The third-order valence-electron chi connectivity index (χ3n) is 3.31. The van der Waals surface area contributed by atoms with Crippen LogP contribution in [-0.4, -0.2) is 17.3 Å². The van der Waals surface area contributed by atoms with Gasteiger partial charge in [-0.1, -0.05) is 26.7 Å². The van der Waals surface area contributed by atoms with Crippen molar-refractivity contribution in [1.29, 1.82) is 0 Å². The van der Waals surface area contributed by atoms with Gasteiger partial charge in [0.25, 0.3) is 0 Å². The zero-order valence-electron chi connectivity index (χ0n) is 11.4. The lowest BCUT2D eigenvalue weighted by Gasteiger charge is -2.04. The fraction of sp³-hybridized carbons (Fsp3) is 0.667. The van der Waals surface area contributed by atoms with E-state index in [4.69, 9.17) is 0 Å². The Morgan fingerprint density at radius 3 is 2.06 bits per heavy atom. The van der Waals surface area contributed by atoms with Crippen LogP contribution in [-0.2, 0) is 14.4 Å². The maximum absolute atomic E-state index is 12.0. The molecule has 1 aliphatic rings. The lowest BCUT2D eigenvalue weighted by Crippen LogP contribution is -2.13. The molecule has 3 nitrogen and oxygen atoms in total. The monoisotopic (exact) mass is 250 g/mol. The Hall–Kier alpha value is -1.25. The van der Waals surface area contributed by atoms with Gasteiger partial charge in [-0.15, -0.1) is 0 Å². The zero-order chi connectivity index (χ0) is 13.5. The van der Waals surface area contributed by atoms with Gasteiger partial charge in [0.15, 0.2) is 17.3 Å². The van der Waals surface area contributed by atoms with Crippen molar-refractivity contribution in [3.63, 3.8) is 0 Å². The van der Waals surface area contributed by atoms with E-state index >= 15 is 0 Å². The maximum Gasteiger partial charge on any atom is 0.167 e. The minimum Gasteiger partial charge on any atom is -0.295 e. The number of carbonyl (C=O) groups excluding carboxylic acids is 3. The largest absolute Gasteiger partial charge is 0.295 e. The molecule has 0 spiro atoms. The Kier molecular flexibility index (Phi) is 5.96. The van der Waals surface area contributed by atoms with Crippen molar-refractivity contribution in [2.24, 2.45) is 0 Å². The number of carbonyl (C=O) groups is 3. The van der Waals surface area contributed by atoms with Crippen LogP contribution < -0.4 is 0 Å². The number of ketones is 3. The number of hydrogen-bond donors (Lipinski definition) is 0. The van der Waals surface area contributed by atoms with Crippen molar-refractivity contribution < 1.29 is 14.4 Å². The van der Waals surface area contributed by atoms with Gasteiger partial charge in [0, 0.05) is 24.8 Å². The van der Waals surface area contributed by atoms with Gasteiger partial charge in [-0.2, -0.15) is 0 Å². The van der Waals surface area contributed by atoms with E-state index in [-0.39, 0.29) is 22.9 Å². The number of unbranched alkanes of at least 4 members (excludes halogenated alkanes) is 2. The quantitative estimate of drug-likeness (QED) is 0.622.